The highest BCUT2D eigenvalue weighted by Gasteiger charge is 2.32. The Morgan fingerprint density at radius 1 is 1.50 bits per heavy atom. The second-order valence-corrected chi connectivity index (χ2v) is 6.12. The van der Waals surface area contributed by atoms with Crippen LogP contribution in [0.2, 0.25) is 0 Å². The fourth-order valence-electron chi connectivity index (χ4n) is 2.60. The van der Waals surface area contributed by atoms with E-state index in [-0.39, 0.29) is 6.42 Å². The van der Waals surface area contributed by atoms with Gasteiger partial charge in [0.25, 0.3) is 0 Å². The monoisotopic (exact) mass is 224 g/mol. The van der Waals surface area contributed by atoms with Crippen molar-refractivity contribution in [2.75, 3.05) is 0 Å². The lowest BCUT2D eigenvalue weighted by Gasteiger charge is -2.38. The van der Waals surface area contributed by atoms with Crippen molar-refractivity contribution in [3.8, 4) is 0 Å². The van der Waals surface area contributed by atoms with Crippen LogP contribution in [0.15, 0.2) is 12.2 Å². The third-order valence-corrected chi connectivity index (χ3v) is 3.89. The van der Waals surface area contributed by atoms with Crippen LogP contribution in [0, 0.1) is 17.3 Å². The number of rotatable bonds is 3. The molecule has 1 rings (SSSR count). The first-order valence-electron chi connectivity index (χ1n) is 6.20. The first-order chi connectivity index (χ1) is 7.30. The quantitative estimate of drug-likeness (QED) is 0.739. The smallest absolute Gasteiger partial charge is 0.303 e. The molecule has 0 bridgehead atoms. The van der Waals surface area contributed by atoms with Gasteiger partial charge in [-0.1, -0.05) is 32.9 Å². The maximum Gasteiger partial charge on any atom is 0.303 e. The Labute approximate surface area is 98.7 Å². The van der Waals surface area contributed by atoms with Crippen LogP contribution in [-0.4, -0.2) is 11.1 Å². The van der Waals surface area contributed by atoms with Crippen LogP contribution in [0.5, 0.6) is 0 Å². The minimum Gasteiger partial charge on any atom is -0.481 e. The lowest BCUT2D eigenvalue weighted by molar-refractivity contribution is -0.137. The molecule has 16 heavy (non-hydrogen) atoms. The van der Waals surface area contributed by atoms with Crippen LogP contribution in [0.1, 0.15) is 52.9 Å². The molecule has 1 aliphatic rings. The molecule has 0 aromatic rings. The zero-order valence-electron chi connectivity index (χ0n) is 10.8. The van der Waals surface area contributed by atoms with Crippen molar-refractivity contribution < 1.29 is 9.90 Å². The van der Waals surface area contributed by atoms with Gasteiger partial charge >= 0.3 is 5.97 Å². The number of carboxylic acids is 1. The molecule has 0 radical (unpaired) electrons. The molecule has 1 saturated carbocycles. The lowest BCUT2D eigenvalue weighted by Crippen LogP contribution is -2.28. The summed E-state index contributed by atoms with van der Waals surface area (Å²) in [6, 6.07) is 0. The predicted octanol–water partition coefficient (Wildman–Crippen LogP) is 3.87. The van der Waals surface area contributed by atoms with Gasteiger partial charge in [0.1, 0.15) is 0 Å². The Morgan fingerprint density at radius 3 is 2.62 bits per heavy atom. The van der Waals surface area contributed by atoms with E-state index in [0.717, 1.165) is 19.3 Å². The maximum absolute atomic E-state index is 10.6. The molecule has 0 unspecified atom stereocenters. The molecule has 0 spiro atoms. The van der Waals surface area contributed by atoms with Gasteiger partial charge in [-0.05, 0) is 42.9 Å². The topological polar surface area (TPSA) is 37.3 Å². The fourth-order valence-corrected chi connectivity index (χ4v) is 2.60. The third kappa shape index (κ3) is 3.66. The summed E-state index contributed by atoms with van der Waals surface area (Å²) in [4.78, 5) is 10.6. The SMILES string of the molecule is C=C1CC[C@H](C(C)(C)C)C[C@@H]1CCC(=O)O. The Bertz CT molecular complexity index is 273. The van der Waals surface area contributed by atoms with E-state index in [1.807, 2.05) is 0 Å². The molecule has 1 aliphatic carbocycles. The normalized spacial score (nSPS) is 26.8. The molecule has 2 nitrogen and oxygen atoms in total. The molecule has 92 valence electrons. The van der Waals surface area contributed by atoms with E-state index in [2.05, 4.69) is 27.4 Å². The van der Waals surface area contributed by atoms with Crippen molar-refractivity contribution >= 4 is 5.97 Å². The molecule has 0 saturated heterocycles. The number of hydrogen-bond donors (Lipinski definition) is 1. The van der Waals surface area contributed by atoms with Gasteiger partial charge in [0.2, 0.25) is 0 Å². The van der Waals surface area contributed by atoms with Crippen LogP contribution in [-0.2, 0) is 4.79 Å². The zero-order valence-corrected chi connectivity index (χ0v) is 10.8. The van der Waals surface area contributed by atoms with Gasteiger partial charge < -0.3 is 5.11 Å². The van der Waals surface area contributed by atoms with Gasteiger partial charge in [0.15, 0.2) is 0 Å². The van der Waals surface area contributed by atoms with Crippen molar-refractivity contribution in [1.82, 2.24) is 0 Å². The van der Waals surface area contributed by atoms with E-state index in [1.165, 1.54) is 12.0 Å². The molecule has 2 atom stereocenters. The van der Waals surface area contributed by atoms with Gasteiger partial charge in [-0.25, -0.2) is 0 Å². The maximum atomic E-state index is 10.6. The summed E-state index contributed by atoms with van der Waals surface area (Å²) in [5, 5.41) is 8.73. The van der Waals surface area contributed by atoms with E-state index in [9.17, 15) is 4.79 Å². The van der Waals surface area contributed by atoms with Crippen molar-refractivity contribution in [2.45, 2.75) is 52.9 Å². The second-order valence-electron chi connectivity index (χ2n) is 6.12. The summed E-state index contributed by atoms with van der Waals surface area (Å²) >= 11 is 0. The first kappa shape index (κ1) is 13.3. The minimum atomic E-state index is -0.689. The predicted molar refractivity (Wildman–Crippen MR) is 66.3 cm³/mol. The van der Waals surface area contributed by atoms with E-state index in [0.29, 0.717) is 17.3 Å². The first-order valence-corrected chi connectivity index (χ1v) is 6.20. The largest absolute Gasteiger partial charge is 0.481 e. The molecule has 0 aliphatic heterocycles. The highest BCUT2D eigenvalue weighted by atomic mass is 16.4. The Kier molecular flexibility index (Phi) is 4.17. The van der Waals surface area contributed by atoms with Crippen molar-refractivity contribution in [2.24, 2.45) is 17.3 Å². The van der Waals surface area contributed by atoms with Crippen molar-refractivity contribution in [3.63, 3.8) is 0 Å². The average molecular weight is 224 g/mol. The van der Waals surface area contributed by atoms with Gasteiger partial charge in [0, 0.05) is 6.42 Å². The molecule has 1 fully saturated rings. The van der Waals surface area contributed by atoms with Crippen molar-refractivity contribution in [3.05, 3.63) is 12.2 Å². The van der Waals surface area contributed by atoms with E-state index < -0.39 is 5.97 Å². The zero-order chi connectivity index (χ0) is 12.3. The Hall–Kier alpha value is -0.790. The van der Waals surface area contributed by atoms with Crippen molar-refractivity contribution in [1.29, 1.82) is 0 Å². The minimum absolute atomic E-state index is 0.278. The van der Waals surface area contributed by atoms with Crippen LogP contribution in [0.4, 0.5) is 0 Å². The summed E-state index contributed by atoms with van der Waals surface area (Å²) < 4.78 is 0. The summed E-state index contributed by atoms with van der Waals surface area (Å²) in [6.45, 7) is 10.9. The molecule has 0 aromatic heterocycles. The number of carboxylic acid groups (broad SMARTS) is 1. The van der Waals surface area contributed by atoms with E-state index >= 15 is 0 Å². The fraction of sp³-hybridized carbons (Fsp3) is 0.786. The summed E-state index contributed by atoms with van der Waals surface area (Å²) in [5.74, 6) is 0.441. The van der Waals surface area contributed by atoms with Gasteiger partial charge in [-0.15, -0.1) is 0 Å². The number of aliphatic carboxylic acids is 1. The lowest BCUT2D eigenvalue weighted by atomic mass is 9.67. The number of hydrogen-bond acceptors (Lipinski definition) is 1. The second kappa shape index (κ2) is 5.03. The number of allylic oxidation sites excluding steroid dienone is 1. The van der Waals surface area contributed by atoms with Gasteiger partial charge in [-0.3, -0.25) is 4.79 Å². The molecule has 0 aromatic carbocycles. The molecular weight excluding hydrogens is 200 g/mol. The van der Waals surface area contributed by atoms with Gasteiger partial charge in [-0.2, -0.15) is 0 Å². The highest BCUT2D eigenvalue weighted by molar-refractivity contribution is 5.66. The third-order valence-electron chi connectivity index (χ3n) is 3.89. The molecule has 0 amide bonds. The summed E-state index contributed by atoms with van der Waals surface area (Å²) in [6.07, 6.45) is 4.45. The van der Waals surface area contributed by atoms with Crippen LogP contribution in [0.25, 0.3) is 0 Å². The van der Waals surface area contributed by atoms with Gasteiger partial charge in [0.05, 0.1) is 0 Å². The number of carbonyl (C=O) groups is 1. The van der Waals surface area contributed by atoms with Crippen LogP contribution < -0.4 is 0 Å². The summed E-state index contributed by atoms with van der Waals surface area (Å²) in [7, 11) is 0. The molecule has 2 heteroatoms. The molecular formula is C14H24O2. The standard InChI is InChI=1S/C14H24O2/c1-10-5-7-12(14(2,3)4)9-11(10)6-8-13(15)16/h11-12H,1,5-9H2,2-4H3,(H,15,16)/t11-,12-/m0/s1. The Balaban J connectivity index is 2.55. The highest BCUT2D eigenvalue weighted by Crippen LogP contribution is 2.43. The van der Waals surface area contributed by atoms with Crippen LogP contribution in [0.3, 0.4) is 0 Å². The molecule has 0 heterocycles. The summed E-state index contributed by atoms with van der Waals surface area (Å²) in [5.41, 5.74) is 1.60. The average Bonchev–Trinajstić information content (AvgIpc) is 2.14. The Morgan fingerprint density at radius 2 is 2.12 bits per heavy atom. The van der Waals surface area contributed by atoms with Crippen LogP contribution >= 0.6 is 0 Å². The van der Waals surface area contributed by atoms with E-state index in [1.54, 1.807) is 0 Å². The van der Waals surface area contributed by atoms with E-state index in [4.69, 9.17) is 5.11 Å². The molecule has 1 N–H and O–H groups in total.